The lowest BCUT2D eigenvalue weighted by Crippen LogP contribution is -2.16. The lowest BCUT2D eigenvalue weighted by molar-refractivity contribution is 0.0698. The summed E-state index contributed by atoms with van der Waals surface area (Å²) in [6, 6.07) is 17.8. The summed E-state index contributed by atoms with van der Waals surface area (Å²) >= 11 is 6.17. The van der Waals surface area contributed by atoms with Crippen LogP contribution in [0.2, 0.25) is 5.02 Å². The summed E-state index contributed by atoms with van der Waals surface area (Å²) in [5.41, 5.74) is 1.58. The minimum absolute atomic E-state index is 0.0525. The van der Waals surface area contributed by atoms with Crippen LogP contribution in [-0.4, -0.2) is 32.0 Å². The summed E-state index contributed by atoms with van der Waals surface area (Å²) < 4.78 is 28.5. The van der Waals surface area contributed by atoms with E-state index in [-0.39, 0.29) is 33.7 Å². The Morgan fingerprint density at radius 1 is 1.00 bits per heavy atom. The van der Waals surface area contributed by atoms with E-state index in [1.165, 1.54) is 30.3 Å². The fourth-order valence-electron chi connectivity index (χ4n) is 3.04. The van der Waals surface area contributed by atoms with E-state index in [0.717, 1.165) is 5.56 Å². The molecule has 31 heavy (non-hydrogen) atoms. The minimum Gasteiger partial charge on any atom is -0.478 e. The Hall–Kier alpha value is -3.56. The molecule has 156 valence electrons. The highest BCUT2D eigenvalue weighted by Crippen LogP contribution is 2.29. The number of halogens is 1. The van der Waals surface area contributed by atoms with Gasteiger partial charge in [-0.1, -0.05) is 48.0 Å². The molecule has 0 unspecified atom stereocenters. The van der Waals surface area contributed by atoms with E-state index in [0.29, 0.717) is 11.1 Å². The van der Waals surface area contributed by atoms with Gasteiger partial charge in [0.05, 0.1) is 21.2 Å². The maximum Gasteiger partial charge on any atom is 0.337 e. The van der Waals surface area contributed by atoms with Crippen molar-refractivity contribution in [3.63, 3.8) is 0 Å². The van der Waals surface area contributed by atoms with Crippen LogP contribution in [0.15, 0.2) is 86.8 Å². The number of sulfonamides is 1. The molecular formula is C21H15ClN4O4S. The van der Waals surface area contributed by atoms with E-state index < -0.39 is 16.0 Å². The first-order valence-electron chi connectivity index (χ1n) is 9.02. The quantitative estimate of drug-likeness (QED) is 0.561. The number of nitrogens with one attached hydrogen (secondary N) is 1. The van der Waals surface area contributed by atoms with Gasteiger partial charge in [-0.05, 0) is 41.5 Å². The van der Waals surface area contributed by atoms with E-state index in [1.54, 1.807) is 6.07 Å². The molecule has 4 rings (SSSR count). The van der Waals surface area contributed by atoms with Crippen molar-refractivity contribution in [2.24, 2.45) is 15.2 Å². The molecule has 0 bridgehead atoms. The van der Waals surface area contributed by atoms with Gasteiger partial charge in [-0.2, -0.15) is 5.11 Å². The first-order valence-corrected chi connectivity index (χ1v) is 10.9. The van der Waals surface area contributed by atoms with E-state index in [2.05, 4.69) is 19.9 Å². The zero-order chi connectivity index (χ0) is 22.0. The van der Waals surface area contributed by atoms with Crippen molar-refractivity contribution in [3.8, 4) is 11.1 Å². The number of carboxylic acids is 1. The van der Waals surface area contributed by atoms with Gasteiger partial charge in [0.25, 0.3) is 10.0 Å². The molecule has 0 amide bonds. The van der Waals surface area contributed by atoms with E-state index in [9.17, 15) is 18.3 Å². The topological polar surface area (TPSA) is 121 Å². The molecule has 0 atom stereocenters. The Labute approximate surface area is 183 Å². The Morgan fingerprint density at radius 3 is 2.45 bits per heavy atom. The van der Waals surface area contributed by atoms with Gasteiger partial charge < -0.3 is 5.11 Å². The zero-order valence-corrected chi connectivity index (χ0v) is 17.4. The van der Waals surface area contributed by atoms with Gasteiger partial charge in [-0.25, -0.2) is 18.2 Å². The summed E-state index contributed by atoms with van der Waals surface area (Å²) in [6.45, 7) is 0.148. The maximum absolute atomic E-state index is 13.1. The van der Waals surface area contributed by atoms with Crippen LogP contribution in [0.5, 0.6) is 0 Å². The van der Waals surface area contributed by atoms with Gasteiger partial charge >= 0.3 is 5.97 Å². The van der Waals surface area contributed by atoms with Crippen LogP contribution in [0.4, 0.5) is 5.69 Å². The molecule has 0 aliphatic carbocycles. The van der Waals surface area contributed by atoms with Crippen molar-refractivity contribution < 1.29 is 18.3 Å². The molecule has 0 saturated heterocycles. The average molecular weight is 455 g/mol. The number of benzene rings is 3. The van der Waals surface area contributed by atoms with E-state index in [1.807, 2.05) is 30.3 Å². The molecule has 3 aromatic carbocycles. The van der Waals surface area contributed by atoms with Crippen molar-refractivity contribution >= 4 is 39.1 Å². The number of azo groups is 1. The van der Waals surface area contributed by atoms with Gasteiger partial charge in [0.15, 0.2) is 12.5 Å². The van der Waals surface area contributed by atoms with E-state index >= 15 is 0 Å². The van der Waals surface area contributed by atoms with Crippen LogP contribution in [0.3, 0.4) is 0 Å². The Bertz CT molecular complexity index is 1340. The maximum atomic E-state index is 13.1. The van der Waals surface area contributed by atoms with Crippen molar-refractivity contribution in [2.45, 2.75) is 4.90 Å². The number of nitrogens with zero attached hydrogens (tertiary/aromatic N) is 3. The number of carboxylic acid groups (broad SMARTS) is 1. The normalized spacial score (nSPS) is 13.1. The molecule has 1 heterocycles. The number of hydrogen-bond acceptors (Lipinski definition) is 6. The van der Waals surface area contributed by atoms with Crippen molar-refractivity contribution in [1.82, 2.24) is 0 Å². The smallest absolute Gasteiger partial charge is 0.337 e. The van der Waals surface area contributed by atoms with E-state index in [4.69, 9.17) is 11.6 Å². The van der Waals surface area contributed by atoms with Crippen LogP contribution in [0, 0.1) is 0 Å². The highest BCUT2D eigenvalue weighted by Gasteiger charge is 2.22. The SMILES string of the molecule is O=C(O)c1ccc(-c2ccccc2)cc1NS(=O)(=O)c1ccc(Cl)c(C2=NCN=N2)c1. The molecular weight excluding hydrogens is 440 g/mol. The second-order valence-electron chi connectivity index (χ2n) is 6.54. The van der Waals surface area contributed by atoms with Crippen LogP contribution >= 0.6 is 11.6 Å². The van der Waals surface area contributed by atoms with Gasteiger partial charge in [0, 0.05) is 5.56 Å². The zero-order valence-electron chi connectivity index (χ0n) is 15.9. The molecule has 0 fully saturated rings. The lowest BCUT2D eigenvalue weighted by Gasteiger charge is -2.13. The minimum atomic E-state index is -4.14. The van der Waals surface area contributed by atoms with Crippen LogP contribution < -0.4 is 4.72 Å². The van der Waals surface area contributed by atoms with Gasteiger partial charge in [-0.3, -0.25) is 4.72 Å². The number of aromatic carboxylic acids is 1. The Kier molecular flexibility index (Phi) is 5.53. The van der Waals surface area contributed by atoms with Crippen molar-refractivity contribution in [3.05, 3.63) is 82.9 Å². The summed E-state index contributed by atoms with van der Waals surface area (Å²) in [5.74, 6) is -1.02. The lowest BCUT2D eigenvalue weighted by atomic mass is 10.0. The third-order valence-electron chi connectivity index (χ3n) is 4.54. The number of amidine groups is 1. The second-order valence-corrected chi connectivity index (χ2v) is 8.63. The predicted octanol–water partition coefficient (Wildman–Crippen LogP) is 4.68. The van der Waals surface area contributed by atoms with Crippen LogP contribution in [-0.2, 0) is 10.0 Å². The molecule has 2 N–H and O–H groups in total. The number of hydrogen-bond donors (Lipinski definition) is 2. The first-order chi connectivity index (χ1) is 14.8. The van der Waals surface area contributed by atoms with Crippen molar-refractivity contribution in [1.29, 1.82) is 0 Å². The molecule has 10 heteroatoms. The molecule has 0 saturated carbocycles. The molecule has 3 aromatic rings. The summed E-state index contributed by atoms with van der Waals surface area (Å²) in [7, 11) is -4.14. The molecule has 1 aliphatic heterocycles. The summed E-state index contributed by atoms with van der Waals surface area (Å²) in [4.78, 5) is 15.6. The second kappa shape index (κ2) is 8.29. The monoisotopic (exact) mass is 454 g/mol. The first kappa shape index (κ1) is 20.7. The molecule has 8 nitrogen and oxygen atoms in total. The van der Waals surface area contributed by atoms with Gasteiger partial charge in [0.2, 0.25) is 0 Å². The standard InChI is InChI=1S/C21H15ClN4O4S/c22-18-9-7-15(11-17(18)20-23-12-24-25-20)31(29,30)26-19-10-14(6-8-16(19)21(27)28)13-4-2-1-3-5-13/h1-11,26H,12H2,(H,27,28). The summed E-state index contributed by atoms with van der Waals surface area (Å²) in [5, 5.41) is 17.4. The number of rotatable bonds is 6. The Morgan fingerprint density at radius 2 is 1.77 bits per heavy atom. The van der Waals surface area contributed by atoms with Gasteiger partial charge in [-0.15, -0.1) is 5.11 Å². The third kappa shape index (κ3) is 4.32. The Balaban J connectivity index is 1.75. The third-order valence-corrected chi connectivity index (χ3v) is 6.23. The average Bonchev–Trinajstić information content (AvgIpc) is 3.28. The highest BCUT2D eigenvalue weighted by atomic mass is 35.5. The fourth-order valence-corrected chi connectivity index (χ4v) is 4.34. The predicted molar refractivity (Wildman–Crippen MR) is 117 cm³/mol. The molecule has 0 aromatic heterocycles. The largest absolute Gasteiger partial charge is 0.478 e. The molecule has 0 radical (unpaired) electrons. The number of carbonyl (C=O) groups is 1. The summed E-state index contributed by atoms with van der Waals surface area (Å²) in [6.07, 6.45) is 0. The number of aliphatic imine (C=N–C) groups is 1. The van der Waals surface area contributed by atoms with Crippen molar-refractivity contribution in [2.75, 3.05) is 11.4 Å². The highest BCUT2D eigenvalue weighted by molar-refractivity contribution is 7.92. The van der Waals surface area contributed by atoms with Crippen LogP contribution in [0.1, 0.15) is 15.9 Å². The van der Waals surface area contributed by atoms with Crippen LogP contribution in [0.25, 0.3) is 11.1 Å². The number of anilines is 1. The van der Waals surface area contributed by atoms with Gasteiger partial charge in [0.1, 0.15) is 0 Å². The molecule has 1 aliphatic rings. The fraction of sp³-hybridized carbons (Fsp3) is 0.0476. The molecule has 0 spiro atoms.